The van der Waals surface area contributed by atoms with Crippen molar-refractivity contribution in [2.75, 3.05) is 6.61 Å². The maximum atomic E-state index is 13.3. The lowest BCUT2D eigenvalue weighted by atomic mass is 9.97. The summed E-state index contributed by atoms with van der Waals surface area (Å²) in [5.74, 6) is -0.141. The molecule has 0 N–H and O–H groups in total. The van der Waals surface area contributed by atoms with Gasteiger partial charge < -0.3 is 14.5 Å². The minimum absolute atomic E-state index is 0.0223. The highest BCUT2D eigenvalue weighted by atomic mass is 16.5. The van der Waals surface area contributed by atoms with E-state index in [-0.39, 0.29) is 17.9 Å². The summed E-state index contributed by atoms with van der Waals surface area (Å²) in [6, 6.07) is 19.0. The molecule has 0 radical (unpaired) electrons. The Labute approximate surface area is 159 Å². The second-order valence-corrected chi connectivity index (χ2v) is 7.17. The van der Waals surface area contributed by atoms with Gasteiger partial charge in [0.25, 0.3) is 5.91 Å². The van der Waals surface area contributed by atoms with Crippen molar-refractivity contribution in [3.63, 3.8) is 0 Å². The van der Waals surface area contributed by atoms with E-state index >= 15 is 0 Å². The molecular weight excluding hydrogens is 340 g/mol. The van der Waals surface area contributed by atoms with Crippen LogP contribution in [-0.4, -0.2) is 40.5 Å². The van der Waals surface area contributed by atoms with Crippen LogP contribution < -0.4 is 0 Å². The Hall–Kier alpha value is -2.66. The van der Waals surface area contributed by atoms with Gasteiger partial charge >= 0.3 is 0 Å². The van der Waals surface area contributed by atoms with Crippen molar-refractivity contribution in [1.29, 1.82) is 0 Å². The fourth-order valence-corrected chi connectivity index (χ4v) is 4.03. The molecule has 0 aliphatic carbocycles. The predicted molar refractivity (Wildman–Crippen MR) is 101 cm³/mol. The summed E-state index contributed by atoms with van der Waals surface area (Å²) in [7, 11) is 0. The topological polar surface area (TPSA) is 49.9 Å². The summed E-state index contributed by atoms with van der Waals surface area (Å²) in [6.45, 7) is 2.87. The van der Waals surface area contributed by atoms with E-state index in [1.54, 1.807) is 9.80 Å². The average Bonchev–Trinajstić information content (AvgIpc) is 2.69. The highest BCUT2D eigenvalue weighted by molar-refractivity contribution is 5.96. The molecule has 2 amide bonds. The molecule has 27 heavy (non-hydrogen) atoms. The van der Waals surface area contributed by atoms with E-state index in [0.717, 1.165) is 17.5 Å². The Morgan fingerprint density at radius 1 is 1.00 bits per heavy atom. The molecule has 140 valence electrons. The molecule has 3 saturated heterocycles. The van der Waals surface area contributed by atoms with Crippen LogP contribution in [0.25, 0.3) is 0 Å². The molecule has 5 rings (SSSR count). The number of fused-ring (bicyclic) bond motifs is 5. The first-order chi connectivity index (χ1) is 13.2. The van der Waals surface area contributed by atoms with E-state index in [1.807, 2.05) is 67.6 Å². The molecule has 3 heterocycles. The maximum absolute atomic E-state index is 13.3. The Bertz CT molecular complexity index is 809. The summed E-state index contributed by atoms with van der Waals surface area (Å²) in [5.41, 5.74) is 2.02. The third-order valence-electron chi connectivity index (χ3n) is 5.45. The van der Waals surface area contributed by atoms with Gasteiger partial charge in [-0.1, -0.05) is 60.7 Å². The number of nitrogens with zero attached hydrogens (tertiary/aromatic N) is 2. The predicted octanol–water partition coefficient (Wildman–Crippen LogP) is 3.12. The van der Waals surface area contributed by atoms with Crippen LogP contribution in [0.1, 0.15) is 36.9 Å². The van der Waals surface area contributed by atoms with Gasteiger partial charge in [0, 0.05) is 13.2 Å². The molecule has 3 aliphatic rings. The van der Waals surface area contributed by atoms with Crippen LogP contribution in [0.2, 0.25) is 0 Å². The lowest BCUT2D eigenvalue weighted by molar-refractivity contribution is -0.192. The van der Waals surface area contributed by atoms with Gasteiger partial charge in [0.1, 0.15) is 6.04 Å². The molecule has 5 heteroatoms. The number of ether oxygens (including phenoxy) is 1. The lowest BCUT2D eigenvalue weighted by Gasteiger charge is -2.48. The third kappa shape index (κ3) is 3.35. The van der Waals surface area contributed by atoms with Crippen molar-refractivity contribution in [3.05, 3.63) is 71.8 Å². The zero-order valence-electron chi connectivity index (χ0n) is 15.5. The largest absolute Gasteiger partial charge is 0.349 e. The van der Waals surface area contributed by atoms with Crippen LogP contribution in [0.15, 0.2) is 60.7 Å². The van der Waals surface area contributed by atoms with Gasteiger partial charge in [-0.05, 0) is 30.9 Å². The van der Waals surface area contributed by atoms with Crippen molar-refractivity contribution >= 4 is 11.8 Å². The second-order valence-electron chi connectivity index (χ2n) is 7.17. The van der Waals surface area contributed by atoms with Crippen LogP contribution >= 0.6 is 0 Å². The Morgan fingerprint density at radius 2 is 1.67 bits per heavy atom. The molecule has 2 aromatic carbocycles. The van der Waals surface area contributed by atoms with Gasteiger partial charge in [0.15, 0.2) is 0 Å². The number of hydrogen-bond acceptors (Lipinski definition) is 3. The molecule has 2 aromatic rings. The second kappa shape index (κ2) is 7.53. The van der Waals surface area contributed by atoms with Crippen LogP contribution in [0.3, 0.4) is 0 Å². The Kier molecular flexibility index (Phi) is 4.94. The van der Waals surface area contributed by atoms with Crippen molar-refractivity contribution in [3.8, 4) is 0 Å². The first-order valence-corrected chi connectivity index (χ1v) is 9.50. The van der Waals surface area contributed by atoms with E-state index < -0.39 is 12.3 Å². The minimum Gasteiger partial charge on any atom is -0.349 e. The Balaban J connectivity index is 1.66. The zero-order chi connectivity index (χ0) is 18.8. The van der Waals surface area contributed by atoms with Crippen molar-refractivity contribution in [2.24, 2.45) is 0 Å². The number of rotatable bonds is 4. The number of carbonyl (C=O) groups is 2. The van der Waals surface area contributed by atoms with Gasteiger partial charge in [-0.3, -0.25) is 9.59 Å². The van der Waals surface area contributed by atoms with Crippen LogP contribution in [0, 0.1) is 0 Å². The van der Waals surface area contributed by atoms with E-state index in [9.17, 15) is 9.59 Å². The molecule has 3 aliphatic heterocycles. The van der Waals surface area contributed by atoms with E-state index in [1.165, 1.54) is 0 Å². The summed E-state index contributed by atoms with van der Waals surface area (Å²) >= 11 is 0. The molecule has 2 bridgehead atoms. The van der Waals surface area contributed by atoms with Crippen LogP contribution in [-0.2, 0) is 20.9 Å². The highest BCUT2D eigenvalue weighted by Gasteiger charge is 2.49. The number of piperazine rings is 1. The van der Waals surface area contributed by atoms with Gasteiger partial charge in [0.05, 0.1) is 6.04 Å². The van der Waals surface area contributed by atoms with Crippen molar-refractivity contribution in [1.82, 2.24) is 9.80 Å². The molecule has 5 nitrogen and oxygen atoms in total. The normalized spacial score (nSPS) is 23.9. The smallest absolute Gasteiger partial charge is 0.274 e. The van der Waals surface area contributed by atoms with E-state index in [0.29, 0.717) is 19.6 Å². The molecule has 3 atom stereocenters. The highest BCUT2D eigenvalue weighted by Crippen LogP contribution is 2.33. The SMILES string of the molecule is C[C@@H](c1ccccc1)N1C(=O)[C@H]2OCCC[C@@H]1C(=O)N2Cc1ccccc1. The van der Waals surface area contributed by atoms with Gasteiger partial charge in [-0.2, -0.15) is 0 Å². The van der Waals surface area contributed by atoms with Crippen LogP contribution in [0.4, 0.5) is 0 Å². The molecular formula is C22H24N2O3. The third-order valence-corrected chi connectivity index (χ3v) is 5.45. The number of amides is 2. The average molecular weight is 364 g/mol. The summed E-state index contributed by atoms with van der Waals surface area (Å²) < 4.78 is 5.87. The fourth-order valence-electron chi connectivity index (χ4n) is 4.03. The number of benzene rings is 2. The molecule has 0 spiro atoms. The molecule has 3 fully saturated rings. The first-order valence-electron chi connectivity index (χ1n) is 9.50. The summed E-state index contributed by atoms with van der Waals surface area (Å²) in [6.07, 6.45) is 0.553. The van der Waals surface area contributed by atoms with Crippen molar-refractivity contribution in [2.45, 2.75) is 44.6 Å². The van der Waals surface area contributed by atoms with E-state index in [2.05, 4.69) is 0 Å². The van der Waals surface area contributed by atoms with Crippen LogP contribution in [0.5, 0.6) is 0 Å². The quantitative estimate of drug-likeness (QED) is 0.838. The molecule has 0 unspecified atom stereocenters. The zero-order valence-corrected chi connectivity index (χ0v) is 15.5. The molecule has 0 saturated carbocycles. The minimum atomic E-state index is -0.847. The molecule has 0 aromatic heterocycles. The van der Waals surface area contributed by atoms with Crippen molar-refractivity contribution < 1.29 is 14.3 Å². The standard InChI is InChI=1S/C22H24N2O3/c1-16(18-11-6-3-7-12-18)24-19-13-8-14-27-22(21(24)26)23(20(19)25)15-17-9-4-2-5-10-17/h2-7,9-12,16,19,22H,8,13-15H2,1H3/t16-,19+,22+/m0/s1. The van der Waals surface area contributed by atoms with E-state index in [4.69, 9.17) is 4.74 Å². The fraction of sp³-hybridized carbons (Fsp3) is 0.364. The van der Waals surface area contributed by atoms with Gasteiger partial charge in [0.2, 0.25) is 12.1 Å². The number of carbonyl (C=O) groups excluding carboxylic acids is 2. The van der Waals surface area contributed by atoms with Gasteiger partial charge in [-0.15, -0.1) is 0 Å². The number of hydrogen-bond donors (Lipinski definition) is 0. The van der Waals surface area contributed by atoms with Gasteiger partial charge in [-0.25, -0.2) is 0 Å². The monoisotopic (exact) mass is 364 g/mol. The first kappa shape index (κ1) is 17.7. The Morgan fingerprint density at radius 3 is 2.37 bits per heavy atom. The lowest BCUT2D eigenvalue weighted by Crippen LogP contribution is -2.66. The summed E-state index contributed by atoms with van der Waals surface area (Å²) in [5, 5.41) is 0. The maximum Gasteiger partial charge on any atom is 0.274 e. The summed E-state index contributed by atoms with van der Waals surface area (Å²) in [4.78, 5) is 30.0.